The van der Waals surface area contributed by atoms with Crippen LogP contribution >= 0.6 is 0 Å². The maximum absolute atomic E-state index is 5.50. The van der Waals surface area contributed by atoms with Gasteiger partial charge in [0.2, 0.25) is 0 Å². The Balaban J connectivity index is 1.97. The molecule has 0 amide bonds. The van der Waals surface area contributed by atoms with E-state index in [4.69, 9.17) is 4.74 Å². The molecule has 1 aromatic rings. The summed E-state index contributed by atoms with van der Waals surface area (Å²) in [4.78, 5) is 0. The van der Waals surface area contributed by atoms with Gasteiger partial charge in [-0.05, 0) is 19.9 Å². The summed E-state index contributed by atoms with van der Waals surface area (Å²) in [5.41, 5.74) is 1.05. The third kappa shape index (κ3) is 2.54. The van der Waals surface area contributed by atoms with Gasteiger partial charge in [0, 0.05) is 31.8 Å². The van der Waals surface area contributed by atoms with E-state index in [1.165, 1.54) is 0 Å². The fraction of sp³-hybridized carbons (Fsp3) is 0.800. The highest BCUT2D eigenvalue weighted by atomic mass is 16.5. The van der Waals surface area contributed by atoms with Gasteiger partial charge in [-0.15, -0.1) is 5.10 Å². The lowest BCUT2D eigenvalue weighted by molar-refractivity contribution is 0.0338. The van der Waals surface area contributed by atoms with Crippen molar-refractivity contribution in [3.8, 4) is 0 Å². The topological polar surface area (TPSA) is 52.0 Å². The molecule has 1 aliphatic rings. The molecule has 84 valence electrons. The minimum absolute atomic E-state index is 0.514. The normalized spacial score (nSPS) is 26.8. The van der Waals surface area contributed by atoms with Crippen molar-refractivity contribution in [2.24, 2.45) is 13.0 Å². The Morgan fingerprint density at radius 1 is 1.67 bits per heavy atom. The van der Waals surface area contributed by atoms with Crippen LogP contribution in [0.15, 0.2) is 6.20 Å². The number of nitrogens with one attached hydrogen (secondary N) is 1. The molecular formula is C10H18N4O. The van der Waals surface area contributed by atoms with Gasteiger partial charge in [0.15, 0.2) is 0 Å². The zero-order valence-electron chi connectivity index (χ0n) is 9.31. The molecule has 15 heavy (non-hydrogen) atoms. The number of aryl methyl sites for hydroxylation is 1. The molecule has 1 fully saturated rings. The lowest BCUT2D eigenvalue weighted by Crippen LogP contribution is -2.41. The van der Waals surface area contributed by atoms with E-state index in [2.05, 4.69) is 15.6 Å². The highest BCUT2D eigenvalue weighted by Crippen LogP contribution is 2.18. The van der Waals surface area contributed by atoms with Crippen LogP contribution in [-0.4, -0.2) is 41.3 Å². The van der Waals surface area contributed by atoms with Crippen LogP contribution in [0.4, 0.5) is 0 Å². The second kappa shape index (κ2) is 4.72. The van der Waals surface area contributed by atoms with Crippen LogP contribution in [0.2, 0.25) is 0 Å². The Kier molecular flexibility index (Phi) is 3.33. The first-order valence-electron chi connectivity index (χ1n) is 5.40. The third-order valence-corrected chi connectivity index (χ3v) is 2.97. The van der Waals surface area contributed by atoms with Crippen LogP contribution in [0.25, 0.3) is 0 Å². The molecule has 0 radical (unpaired) electrons. The molecule has 1 N–H and O–H groups in total. The van der Waals surface area contributed by atoms with E-state index in [0.717, 1.165) is 31.7 Å². The molecule has 0 aromatic carbocycles. The zero-order valence-corrected chi connectivity index (χ0v) is 9.31. The predicted octanol–water partition coefficient (Wildman–Crippen LogP) is -0.0179. The molecule has 2 atom stereocenters. The van der Waals surface area contributed by atoms with Crippen LogP contribution in [0.3, 0.4) is 0 Å². The minimum Gasteiger partial charge on any atom is -0.381 e. The Bertz CT molecular complexity index is 312. The number of hydrogen-bond donors (Lipinski definition) is 1. The molecule has 2 unspecified atom stereocenters. The molecule has 5 nitrogen and oxygen atoms in total. The van der Waals surface area contributed by atoms with E-state index in [9.17, 15) is 0 Å². The molecule has 2 heterocycles. The van der Waals surface area contributed by atoms with Crippen LogP contribution in [0.5, 0.6) is 0 Å². The average Bonchev–Trinajstić information content (AvgIpc) is 2.65. The first-order valence-corrected chi connectivity index (χ1v) is 5.40. The number of nitrogens with zero attached hydrogens (tertiary/aromatic N) is 3. The van der Waals surface area contributed by atoms with E-state index < -0.39 is 0 Å². The second-order valence-electron chi connectivity index (χ2n) is 4.11. The van der Waals surface area contributed by atoms with Crippen LogP contribution in [-0.2, 0) is 18.2 Å². The molecule has 2 rings (SSSR count). The molecule has 0 spiro atoms. The quantitative estimate of drug-likeness (QED) is 0.762. The van der Waals surface area contributed by atoms with Crippen molar-refractivity contribution in [3.05, 3.63) is 11.9 Å². The zero-order chi connectivity index (χ0) is 10.7. The molecule has 0 aliphatic carbocycles. The van der Waals surface area contributed by atoms with Gasteiger partial charge in [-0.2, -0.15) is 0 Å². The summed E-state index contributed by atoms with van der Waals surface area (Å²) in [5, 5.41) is 11.4. The SMILES string of the molecule is CNC1CCOCC1Cc1cn(C)nn1. The molecule has 5 heteroatoms. The number of hydrogen-bond acceptors (Lipinski definition) is 4. The third-order valence-electron chi connectivity index (χ3n) is 2.97. The monoisotopic (exact) mass is 210 g/mol. The standard InChI is InChI=1S/C10H18N4O/c1-11-10-3-4-15-7-8(10)5-9-6-14(2)13-12-9/h6,8,10-11H,3-5,7H2,1-2H3. The lowest BCUT2D eigenvalue weighted by Gasteiger charge is -2.30. The first kappa shape index (κ1) is 10.6. The highest BCUT2D eigenvalue weighted by Gasteiger charge is 2.25. The van der Waals surface area contributed by atoms with Gasteiger partial charge in [0.25, 0.3) is 0 Å². The van der Waals surface area contributed by atoms with Gasteiger partial charge in [0.05, 0.1) is 12.3 Å². The Morgan fingerprint density at radius 3 is 3.20 bits per heavy atom. The first-order chi connectivity index (χ1) is 7.29. The summed E-state index contributed by atoms with van der Waals surface area (Å²) >= 11 is 0. The van der Waals surface area contributed by atoms with Crippen molar-refractivity contribution in [1.29, 1.82) is 0 Å². The van der Waals surface area contributed by atoms with Crippen molar-refractivity contribution in [2.75, 3.05) is 20.3 Å². The van der Waals surface area contributed by atoms with Gasteiger partial charge < -0.3 is 10.1 Å². The van der Waals surface area contributed by atoms with Gasteiger partial charge in [-0.3, -0.25) is 4.68 Å². The fourth-order valence-electron chi connectivity index (χ4n) is 2.14. The average molecular weight is 210 g/mol. The summed E-state index contributed by atoms with van der Waals surface area (Å²) in [6.45, 7) is 1.69. The van der Waals surface area contributed by atoms with Crippen molar-refractivity contribution >= 4 is 0 Å². The van der Waals surface area contributed by atoms with E-state index in [-0.39, 0.29) is 0 Å². The summed E-state index contributed by atoms with van der Waals surface area (Å²) < 4.78 is 7.24. The number of rotatable bonds is 3. The molecule has 0 bridgehead atoms. The Morgan fingerprint density at radius 2 is 2.53 bits per heavy atom. The summed E-state index contributed by atoms with van der Waals surface area (Å²) in [5.74, 6) is 0.514. The van der Waals surface area contributed by atoms with Gasteiger partial charge >= 0.3 is 0 Å². The van der Waals surface area contributed by atoms with E-state index >= 15 is 0 Å². The van der Waals surface area contributed by atoms with E-state index in [0.29, 0.717) is 12.0 Å². The smallest absolute Gasteiger partial charge is 0.0831 e. The molecule has 0 saturated carbocycles. The van der Waals surface area contributed by atoms with E-state index in [1.807, 2.05) is 20.3 Å². The molecule has 1 aliphatic heterocycles. The van der Waals surface area contributed by atoms with E-state index in [1.54, 1.807) is 4.68 Å². The van der Waals surface area contributed by atoms with Crippen molar-refractivity contribution in [3.63, 3.8) is 0 Å². The Hall–Kier alpha value is -0.940. The predicted molar refractivity (Wildman–Crippen MR) is 56.5 cm³/mol. The number of aromatic nitrogens is 3. The Labute approximate surface area is 89.8 Å². The molecular weight excluding hydrogens is 192 g/mol. The van der Waals surface area contributed by atoms with Crippen molar-refractivity contribution in [2.45, 2.75) is 18.9 Å². The van der Waals surface area contributed by atoms with Crippen LogP contribution in [0.1, 0.15) is 12.1 Å². The van der Waals surface area contributed by atoms with Crippen molar-refractivity contribution in [1.82, 2.24) is 20.3 Å². The minimum atomic E-state index is 0.514. The second-order valence-corrected chi connectivity index (χ2v) is 4.11. The fourth-order valence-corrected chi connectivity index (χ4v) is 2.14. The van der Waals surface area contributed by atoms with Crippen LogP contribution < -0.4 is 5.32 Å². The van der Waals surface area contributed by atoms with Gasteiger partial charge in [0.1, 0.15) is 0 Å². The largest absolute Gasteiger partial charge is 0.381 e. The summed E-state index contributed by atoms with van der Waals surface area (Å²) in [6, 6.07) is 0.542. The molecule has 1 aromatic heterocycles. The van der Waals surface area contributed by atoms with Gasteiger partial charge in [-0.25, -0.2) is 0 Å². The maximum atomic E-state index is 5.50. The van der Waals surface area contributed by atoms with Crippen molar-refractivity contribution < 1.29 is 4.74 Å². The molecule has 1 saturated heterocycles. The summed E-state index contributed by atoms with van der Waals surface area (Å²) in [6.07, 6.45) is 4.00. The van der Waals surface area contributed by atoms with Crippen LogP contribution in [0, 0.1) is 5.92 Å². The highest BCUT2D eigenvalue weighted by molar-refractivity contribution is 4.96. The maximum Gasteiger partial charge on any atom is 0.0831 e. The number of ether oxygens (including phenoxy) is 1. The van der Waals surface area contributed by atoms with Gasteiger partial charge in [-0.1, -0.05) is 5.21 Å². The lowest BCUT2D eigenvalue weighted by atomic mass is 9.92. The summed E-state index contributed by atoms with van der Waals surface area (Å²) in [7, 11) is 3.91.